The third kappa shape index (κ3) is 7.68. The van der Waals surface area contributed by atoms with Crippen molar-refractivity contribution in [2.45, 2.75) is 58.8 Å². The highest BCUT2D eigenvalue weighted by Gasteiger charge is 2.33. The molecule has 5 nitrogen and oxygen atoms in total. The van der Waals surface area contributed by atoms with Crippen LogP contribution < -0.4 is 10.6 Å². The van der Waals surface area contributed by atoms with Crippen LogP contribution in [0.5, 0.6) is 0 Å². The molecule has 150 valence electrons. The summed E-state index contributed by atoms with van der Waals surface area (Å²) in [5.74, 6) is 0.897. The van der Waals surface area contributed by atoms with Crippen molar-refractivity contribution in [2.75, 3.05) is 33.4 Å². The van der Waals surface area contributed by atoms with Gasteiger partial charge < -0.3 is 15.4 Å². The molecule has 0 aliphatic heterocycles. The maximum absolute atomic E-state index is 5.60. The molecule has 0 radical (unpaired) electrons. The van der Waals surface area contributed by atoms with Crippen LogP contribution in [-0.4, -0.2) is 44.3 Å². The molecule has 0 unspecified atom stereocenters. The third-order valence-corrected chi connectivity index (χ3v) is 6.12. The number of aromatic nitrogens is 1. The number of rotatable bonds is 10. The average Bonchev–Trinajstić information content (AvgIpc) is 3.28. The van der Waals surface area contributed by atoms with Gasteiger partial charge in [-0.25, -0.2) is 4.98 Å². The van der Waals surface area contributed by atoms with Crippen LogP contribution in [0.3, 0.4) is 0 Å². The summed E-state index contributed by atoms with van der Waals surface area (Å²) in [5, 5.41) is 10.4. The Morgan fingerprint density at radius 3 is 2.69 bits per heavy atom. The Hall–Kier alpha value is -0.410. The monoisotopic (exact) mass is 494 g/mol. The Bertz CT molecular complexity index is 529. The van der Waals surface area contributed by atoms with E-state index in [4.69, 9.17) is 4.74 Å². The molecule has 0 amide bonds. The summed E-state index contributed by atoms with van der Waals surface area (Å²) in [7, 11) is 1.84. The first-order chi connectivity index (χ1) is 12.2. The fraction of sp³-hybridized carbons (Fsp3) is 0.789. The van der Waals surface area contributed by atoms with Crippen LogP contribution in [0.15, 0.2) is 10.4 Å². The smallest absolute Gasteiger partial charge is 0.191 e. The van der Waals surface area contributed by atoms with Gasteiger partial charge in [-0.15, -0.1) is 35.3 Å². The van der Waals surface area contributed by atoms with Crippen molar-refractivity contribution in [3.8, 4) is 0 Å². The second-order valence-corrected chi connectivity index (χ2v) is 7.79. The molecule has 1 aliphatic carbocycles. The normalized spacial score (nSPS) is 16.3. The van der Waals surface area contributed by atoms with Crippen LogP contribution in [0.1, 0.15) is 56.7 Å². The first-order valence-corrected chi connectivity index (χ1v) is 10.5. The highest BCUT2D eigenvalue weighted by atomic mass is 127. The van der Waals surface area contributed by atoms with Crippen molar-refractivity contribution < 1.29 is 4.74 Å². The first-order valence-electron chi connectivity index (χ1n) is 9.67. The van der Waals surface area contributed by atoms with Crippen LogP contribution >= 0.6 is 35.3 Å². The van der Waals surface area contributed by atoms with Gasteiger partial charge in [-0.2, -0.15) is 0 Å². The molecule has 0 bridgehead atoms. The van der Waals surface area contributed by atoms with Gasteiger partial charge in [0.1, 0.15) is 0 Å². The largest absolute Gasteiger partial charge is 0.382 e. The fourth-order valence-corrected chi connectivity index (χ4v) is 4.28. The predicted octanol–water partition coefficient (Wildman–Crippen LogP) is 4.02. The highest BCUT2D eigenvalue weighted by Crippen LogP contribution is 2.40. The van der Waals surface area contributed by atoms with Gasteiger partial charge in [-0.3, -0.25) is 4.99 Å². The molecule has 2 rings (SSSR count). The summed E-state index contributed by atoms with van der Waals surface area (Å²) in [5.41, 5.74) is 1.55. The Morgan fingerprint density at radius 2 is 2.08 bits per heavy atom. The van der Waals surface area contributed by atoms with Gasteiger partial charge in [-0.05, 0) is 38.0 Å². The lowest BCUT2D eigenvalue weighted by Crippen LogP contribution is -2.44. The molecule has 7 heteroatoms. The van der Waals surface area contributed by atoms with Gasteiger partial charge in [0.05, 0.1) is 10.7 Å². The first kappa shape index (κ1) is 23.6. The molecule has 1 aromatic heterocycles. The maximum Gasteiger partial charge on any atom is 0.191 e. The number of nitrogens with one attached hydrogen (secondary N) is 2. The SMILES string of the molecule is CCOCCC1(CNC(=NC)NCCc2csc(CC)n2)CCCC1.I. The zero-order chi connectivity index (χ0) is 18.0. The Kier molecular flexibility index (Phi) is 11.7. The van der Waals surface area contributed by atoms with E-state index < -0.39 is 0 Å². The minimum atomic E-state index is 0. The summed E-state index contributed by atoms with van der Waals surface area (Å²) < 4.78 is 5.60. The zero-order valence-electron chi connectivity index (χ0n) is 16.5. The molecule has 0 saturated heterocycles. The number of thiazole rings is 1. The van der Waals surface area contributed by atoms with E-state index in [1.54, 1.807) is 11.3 Å². The van der Waals surface area contributed by atoms with Crippen molar-refractivity contribution in [3.63, 3.8) is 0 Å². The van der Waals surface area contributed by atoms with E-state index in [0.29, 0.717) is 5.41 Å². The molecule has 1 heterocycles. The molecule has 1 fully saturated rings. The van der Waals surface area contributed by atoms with Gasteiger partial charge in [0, 0.05) is 45.2 Å². The van der Waals surface area contributed by atoms with Crippen LogP contribution in [-0.2, 0) is 17.6 Å². The van der Waals surface area contributed by atoms with Crippen molar-refractivity contribution in [3.05, 3.63) is 16.1 Å². The fourth-order valence-electron chi connectivity index (χ4n) is 3.50. The molecular formula is C19H35IN4OS. The van der Waals surface area contributed by atoms with E-state index in [1.165, 1.54) is 36.4 Å². The molecule has 1 aliphatic rings. The van der Waals surface area contributed by atoms with Crippen LogP contribution in [0, 0.1) is 5.41 Å². The predicted molar refractivity (Wildman–Crippen MR) is 122 cm³/mol. The summed E-state index contributed by atoms with van der Waals surface area (Å²) in [6, 6.07) is 0. The van der Waals surface area contributed by atoms with E-state index in [9.17, 15) is 0 Å². The van der Waals surface area contributed by atoms with Gasteiger partial charge >= 0.3 is 0 Å². The van der Waals surface area contributed by atoms with E-state index in [2.05, 4.69) is 39.8 Å². The van der Waals surface area contributed by atoms with Gasteiger partial charge in [-0.1, -0.05) is 19.8 Å². The van der Waals surface area contributed by atoms with Crippen molar-refractivity contribution in [1.29, 1.82) is 0 Å². The quantitative estimate of drug-likeness (QED) is 0.223. The Balaban J connectivity index is 0.00000338. The molecule has 26 heavy (non-hydrogen) atoms. The Labute approximate surface area is 179 Å². The van der Waals surface area contributed by atoms with E-state index in [-0.39, 0.29) is 24.0 Å². The lowest BCUT2D eigenvalue weighted by atomic mass is 9.83. The number of halogens is 1. The molecule has 0 atom stereocenters. The minimum Gasteiger partial charge on any atom is -0.382 e. The van der Waals surface area contributed by atoms with Gasteiger partial charge in [0.2, 0.25) is 0 Å². The molecule has 1 saturated carbocycles. The summed E-state index contributed by atoms with van der Waals surface area (Å²) in [4.78, 5) is 8.99. The molecular weight excluding hydrogens is 459 g/mol. The summed E-state index contributed by atoms with van der Waals surface area (Å²) in [6.07, 6.45) is 8.36. The lowest BCUT2D eigenvalue weighted by Gasteiger charge is -2.30. The number of aryl methyl sites for hydroxylation is 1. The van der Waals surface area contributed by atoms with Crippen LogP contribution in [0.2, 0.25) is 0 Å². The average molecular weight is 494 g/mol. The highest BCUT2D eigenvalue weighted by molar-refractivity contribution is 14.0. The third-order valence-electron chi connectivity index (χ3n) is 5.07. The van der Waals surface area contributed by atoms with E-state index in [0.717, 1.165) is 51.5 Å². The van der Waals surface area contributed by atoms with Crippen LogP contribution in [0.25, 0.3) is 0 Å². The molecule has 0 aromatic carbocycles. The number of hydrogen-bond acceptors (Lipinski definition) is 4. The van der Waals surface area contributed by atoms with Crippen molar-refractivity contribution >= 4 is 41.3 Å². The number of guanidine groups is 1. The molecule has 0 spiro atoms. The second-order valence-electron chi connectivity index (χ2n) is 6.84. The number of nitrogens with zero attached hydrogens (tertiary/aromatic N) is 2. The maximum atomic E-state index is 5.60. The molecule has 2 N–H and O–H groups in total. The number of aliphatic imine (C=N–C) groups is 1. The summed E-state index contributed by atoms with van der Waals surface area (Å²) >= 11 is 1.75. The number of hydrogen-bond donors (Lipinski definition) is 2. The van der Waals surface area contributed by atoms with E-state index in [1.807, 2.05) is 7.05 Å². The van der Waals surface area contributed by atoms with Crippen LogP contribution in [0.4, 0.5) is 0 Å². The van der Waals surface area contributed by atoms with Crippen molar-refractivity contribution in [2.24, 2.45) is 10.4 Å². The topological polar surface area (TPSA) is 58.5 Å². The van der Waals surface area contributed by atoms with Gasteiger partial charge in [0.15, 0.2) is 5.96 Å². The van der Waals surface area contributed by atoms with Crippen molar-refractivity contribution in [1.82, 2.24) is 15.6 Å². The number of ether oxygens (including phenoxy) is 1. The molecule has 1 aromatic rings. The Morgan fingerprint density at radius 1 is 1.31 bits per heavy atom. The minimum absolute atomic E-state index is 0. The van der Waals surface area contributed by atoms with E-state index >= 15 is 0 Å². The lowest BCUT2D eigenvalue weighted by molar-refractivity contribution is 0.105. The second kappa shape index (κ2) is 12.9. The zero-order valence-corrected chi connectivity index (χ0v) is 19.6. The summed E-state index contributed by atoms with van der Waals surface area (Å²) in [6.45, 7) is 7.74. The van der Waals surface area contributed by atoms with Gasteiger partial charge in [0.25, 0.3) is 0 Å². The standard InChI is InChI=1S/C19H34N4OS.HI/c1-4-17-23-16(14-25-17)8-12-21-18(20-3)22-15-19(9-6-7-10-19)11-13-24-5-2;/h14H,4-13,15H2,1-3H3,(H2,20,21,22);1H.